The van der Waals surface area contributed by atoms with Crippen molar-refractivity contribution in [2.45, 2.75) is 25.9 Å². The van der Waals surface area contributed by atoms with Crippen molar-refractivity contribution >= 4 is 5.91 Å². The molecule has 1 aromatic rings. The number of carbonyl (C=O) groups excluding carboxylic acids is 1. The second kappa shape index (κ2) is 4.61. The van der Waals surface area contributed by atoms with Gasteiger partial charge in [-0.1, -0.05) is 6.07 Å². The first-order valence-corrected chi connectivity index (χ1v) is 5.61. The summed E-state index contributed by atoms with van der Waals surface area (Å²) in [5.41, 5.74) is 2.30. The number of fused-ring (bicyclic) bond motifs is 1. The van der Waals surface area contributed by atoms with Crippen LogP contribution in [0, 0.1) is 0 Å². The maximum atomic E-state index is 12.0. The fourth-order valence-electron chi connectivity index (χ4n) is 1.95. The Morgan fingerprint density at radius 3 is 3.19 bits per heavy atom. The number of nitrogens with one attached hydrogen (secondary N) is 1. The van der Waals surface area contributed by atoms with E-state index in [1.165, 1.54) is 5.56 Å². The maximum Gasteiger partial charge on any atom is 0.239 e. The van der Waals surface area contributed by atoms with E-state index in [9.17, 15) is 4.79 Å². The highest BCUT2D eigenvalue weighted by molar-refractivity contribution is 5.81. The molecule has 1 aliphatic heterocycles. The summed E-state index contributed by atoms with van der Waals surface area (Å²) in [4.78, 5) is 18.2. The number of amides is 1. The molecule has 0 bridgehead atoms. The molecule has 4 nitrogen and oxygen atoms in total. The fraction of sp³-hybridized carbons (Fsp3) is 0.500. The normalized spacial score (nSPS) is 16.8. The molecule has 0 fully saturated rings. The smallest absolute Gasteiger partial charge is 0.239 e. The van der Waals surface area contributed by atoms with Gasteiger partial charge in [0.05, 0.1) is 6.04 Å². The molecule has 0 radical (unpaired) electrons. The standard InChI is InChI=1S/C12H17N3O/c1-9(13-2)12(16)15-7-5-11-10(8-15)4-3-6-14-11/h3-4,6,9,13H,5,7-8H2,1-2H3. The largest absolute Gasteiger partial charge is 0.337 e. The lowest BCUT2D eigenvalue weighted by Gasteiger charge is -2.30. The van der Waals surface area contributed by atoms with E-state index >= 15 is 0 Å². The van der Waals surface area contributed by atoms with Crippen molar-refractivity contribution in [3.8, 4) is 0 Å². The van der Waals surface area contributed by atoms with E-state index in [0.717, 1.165) is 18.7 Å². The zero-order valence-electron chi connectivity index (χ0n) is 9.73. The highest BCUT2D eigenvalue weighted by atomic mass is 16.2. The van der Waals surface area contributed by atoms with Crippen LogP contribution in [0.25, 0.3) is 0 Å². The van der Waals surface area contributed by atoms with Gasteiger partial charge in [-0.25, -0.2) is 0 Å². The second-order valence-corrected chi connectivity index (χ2v) is 4.13. The molecule has 4 heteroatoms. The first-order chi connectivity index (χ1) is 7.72. The molecule has 0 saturated carbocycles. The number of rotatable bonds is 2. The molecule has 1 amide bonds. The summed E-state index contributed by atoms with van der Waals surface area (Å²) < 4.78 is 0. The molecule has 86 valence electrons. The van der Waals surface area contributed by atoms with E-state index in [4.69, 9.17) is 0 Å². The van der Waals surface area contributed by atoms with Gasteiger partial charge in [-0.05, 0) is 25.6 Å². The van der Waals surface area contributed by atoms with Crippen molar-refractivity contribution in [2.75, 3.05) is 13.6 Å². The topological polar surface area (TPSA) is 45.2 Å². The summed E-state index contributed by atoms with van der Waals surface area (Å²) in [7, 11) is 1.81. The molecular formula is C12H17N3O. The molecule has 1 unspecified atom stereocenters. The zero-order chi connectivity index (χ0) is 11.5. The van der Waals surface area contributed by atoms with Crippen LogP contribution in [0.4, 0.5) is 0 Å². The molecule has 0 aromatic carbocycles. The SMILES string of the molecule is CNC(C)C(=O)N1CCc2ncccc2C1. The van der Waals surface area contributed by atoms with E-state index < -0.39 is 0 Å². The quantitative estimate of drug-likeness (QED) is 0.791. The Balaban J connectivity index is 2.11. The average Bonchev–Trinajstić information content (AvgIpc) is 2.36. The Morgan fingerprint density at radius 2 is 2.44 bits per heavy atom. The summed E-state index contributed by atoms with van der Waals surface area (Å²) in [6.45, 7) is 3.35. The Hall–Kier alpha value is -1.42. The maximum absolute atomic E-state index is 12.0. The first kappa shape index (κ1) is 11.1. The minimum absolute atomic E-state index is 0.113. The second-order valence-electron chi connectivity index (χ2n) is 4.13. The van der Waals surface area contributed by atoms with Crippen LogP contribution in [0.1, 0.15) is 18.2 Å². The number of likely N-dealkylation sites (N-methyl/N-ethyl adjacent to an activating group) is 1. The zero-order valence-corrected chi connectivity index (χ0v) is 9.73. The van der Waals surface area contributed by atoms with Gasteiger partial charge in [0.1, 0.15) is 0 Å². The summed E-state index contributed by atoms with van der Waals surface area (Å²) >= 11 is 0. The molecule has 1 atom stereocenters. The van der Waals surface area contributed by atoms with Gasteiger partial charge >= 0.3 is 0 Å². The number of pyridine rings is 1. The van der Waals surface area contributed by atoms with Gasteiger partial charge in [0.2, 0.25) is 5.91 Å². The highest BCUT2D eigenvalue weighted by Gasteiger charge is 2.23. The van der Waals surface area contributed by atoms with Gasteiger partial charge in [0.15, 0.2) is 0 Å². The molecule has 16 heavy (non-hydrogen) atoms. The number of aromatic nitrogens is 1. The van der Waals surface area contributed by atoms with Crippen LogP contribution in [-0.2, 0) is 17.8 Å². The molecule has 0 spiro atoms. The van der Waals surface area contributed by atoms with E-state index in [0.29, 0.717) is 6.54 Å². The van der Waals surface area contributed by atoms with Gasteiger partial charge in [0.25, 0.3) is 0 Å². The van der Waals surface area contributed by atoms with Crippen LogP contribution >= 0.6 is 0 Å². The van der Waals surface area contributed by atoms with E-state index in [1.54, 1.807) is 0 Å². The summed E-state index contributed by atoms with van der Waals surface area (Å²) in [6, 6.07) is 3.86. The molecule has 2 rings (SSSR count). The number of nitrogens with zero attached hydrogens (tertiary/aromatic N) is 2. The van der Waals surface area contributed by atoms with Crippen LogP contribution in [0.3, 0.4) is 0 Å². The molecular weight excluding hydrogens is 202 g/mol. The average molecular weight is 219 g/mol. The third kappa shape index (κ3) is 2.07. The van der Waals surface area contributed by atoms with Crippen LogP contribution in [0.2, 0.25) is 0 Å². The van der Waals surface area contributed by atoms with E-state index in [2.05, 4.69) is 10.3 Å². The van der Waals surface area contributed by atoms with Gasteiger partial charge in [-0.2, -0.15) is 0 Å². The fourth-order valence-corrected chi connectivity index (χ4v) is 1.95. The van der Waals surface area contributed by atoms with E-state index in [1.807, 2.05) is 37.2 Å². The summed E-state index contributed by atoms with van der Waals surface area (Å²) in [5.74, 6) is 0.164. The third-order valence-corrected chi connectivity index (χ3v) is 3.08. The van der Waals surface area contributed by atoms with Crippen molar-refractivity contribution in [2.24, 2.45) is 0 Å². The monoisotopic (exact) mass is 219 g/mol. The predicted octanol–water partition coefficient (Wildman–Crippen LogP) is 0.574. The Labute approximate surface area is 95.7 Å². The lowest BCUT2D eigenvalue weighted by Crippen LogP contribution is -2.45. The van der Waals surface area contributed by atoms with Crippen molar-refractivity contribution in [3.63, 3.8) is 0 Å². The minimum Gasteiger partial charge on any atom is -0.337 e. The molecule has 0 saturated heterocycles. The first-order valence-electron chi connectivity index (χ1n) is 5.61. The molecule has 1 aromatic heterocycles. The van der Waals surface area contributed by atoms with Crippen molar-refractivity contribution in [3.05, 3.63) is 29.6 Å². The molecule has 1 N–H and O–H groups in total. The Bertz CT molecular complexity index is 392. The number of hydrogen-bond acceptors (Lipinski definition) is 3. The van der Waals surface area contributed by atoms with Crippen LogP contribution in [0.15, 0.2) is 18.3 Å². The van der Waals surface area contributed by atoms with Crippen molar-refractivity contribution in [1.29, 1.82) is 0 Å². The third-order valence-electron chi connectivity index (χ3n) is 3.08. The van der Waals surface area contributed by atoms with Gasteiger partial charge in [0, 0.05) is 31.4 Å². The Morgan fingerprint density at radius 1 is 1.62 bits per heavy atom. The van der Waals surface area contributed by atoms with E-state index in [-0.39, 0.29) is 11.9 Å². The molecule has 1 aliphatic rings. The lowest BCUT2D eigenvalue weighted by atomic mass is 10.1. The highest BCUT2D eigenvalue weighted by Crippen LogP contribution is 2.16. The van der Waals surface area contributed by atoms with Gasteiger partial charge in [-0.3, -0.25) is 9.78 Å². The van der Waals surface area contributed by atoms with Gasteiger partial charge in [-0.15, -0.1) is 0 Å². The summed E-state index contributed by atoms with van der Waals surface area (Å²) in [6.07, 6.45) is 2.67. The lowest BCUT2D eigenvalue weighted by molar-refractivity contribution is -0.133. The number of hydrogen-bond donors (Lipinski definition) is 1. The summed E-state index contributed by atoms with van der Waals surface area (Å²) in [5, 5.41) is 2.98. The minimum atomic E-state index is -0.113. The molecule has 2 heterocycles. The van der Waals surface area contributed by atoms with Gasteiger partial charge < -0.3 is 10.2 Å². The van der Waals surface area contributed by atoms with Crippen molar-refractivity contribution in [1.82, 2.24) is 15.2 Å². The van der Waals surface area contributed by atoms with Crippen LogP contribution in [-0.4, -0.2) is 35.4 Å². The molecule has 0 aliphatic carbocycles. The number of carbonyl (C=O) groups is 1. The van der Waals surface area contributed by atoms with Crippen LogP contribution < -0.4 is 5.32 Å². The van der Waals surface area contributed by atoms with Crippen molar-refractivity contribution < 1.29 is 4.79 Å². The Kier molecular flexibility index (Phi) is 3.19. The van der Waals surface area contributed by atoms with Crippen LogP contribution in [0.5, 0.6) is 0 Å². The predicted molar refractivity (Wildman–Crippen MR) is 61.9 cm³/mol.